The van der Waals surface area contributed by atoms with Crippen LogP contribution >= 0.6 is 0 Å². The van der Waals surface area contributed by atoms with E-state index in [9.17, 15) is 13.2 Å². The second-order valence-corrected chi connectivity index (χ2v) is 3.92. The van der Waals surface area contributed by atoms with Crippen LogP contribution in [0.1, 0.15) is 12.0 Å². The fraction of sp³-hybridized carbons (Fsp3) is 0.500. The standard InChI is InChI=1S/C10H12F3N3/c11-10(12,13)7-3-9(5-15-4-7)16-2-1-8(14)6-16/h3-5,8H,1-2,6,14H2. The van der Waals surface area contributed by atoms with E-state index in [1.807, 2.05) is 4.90 Å². The lowest BCUT2D eigenvalue weighted by Gasteiger charge is -2.18. The van der Waals surface area contributed by atoms with Crippen LogP contribution in [0.25, 0.3) is 0 Å². The van der Waals surface area contributed by atoms with Gasteiger partial charge in [-0.3, -0.25) is 4.98 Å². The van der Waals surface area contributed by atoms with Crippen molar-refractivity contribution < 1.29 is 13.2 Å². The summed E-state index contributed by atoms with van der Waals surface area (Å²) in [5.74, 6) is 0. The molecule has 0 aliphatic carbocycles. The van der Waals surface area contributed by atoms with Crippen LogP contribution in [0.5, 0.6) is 0 Å². The number of nitrogens with zero attached hydrogens (tertiary/aromatic N) is 2. The normalized spacial score (nSPS) is 21.5. The van der Waals surface area contributed by atoms with Gasteiger partial charge in [-0.05, 0) is 12.5 Å². The molecule has 1 aliphatic heterocycles. The van der Waals surface area contributed by atoms with E-state index in [0.717, 1.165) is 18.7 Å². The number of rotatable bonds is 1. The van der Waals surface area contributed by atoms with E-state index >= 15 is 0 Å². The summed E-state index contributed by atoms with van der Waals surface area (Å²) in [4.78, 5) is 5.44. The van der Waals surface area contributed by atoms with Crippen LogP contribution in [0.3, 0.4) is 0 Å². The first-order valence-electron chi connectivity index (χ1n) is 4.99. The van der Waals surface area contributed by atoms with Crippen LogP contribution in [0.2, 0.25) is 0 Å². The van der Waals surface area contributed by atoms with Crippen molar-refractivity contribution in [3.8, 4) is 0 Å². The molecule has 1 unspecified atom stereocenters. The minimum absolute atomic E-state index is 0.0366. The smallest absolute Gasteiger partial charge is 0.369 e. The number of aromatic nitrogens is 1. The Balaban J connectivity index is 2.23. The molecule has 1 atom stereocenters. The van der Waals surface area contributed by atoms with Crippen molar-refractivity contribution in [2.24, 2.45) is 5.73 Å². The number of halogens is 3. The van der Waals surface area contributed by atoms with Crippen LogP contribution in [-0.2, 0) is 6.18 Å². The van der Waals surface area contributed by atoms with Crippen LogP contribution in [-0.4, -0.2) is 24.1 Å². The third-order valence-electron chi connectivity index (χ3n) is 2.64. The molecule has 0 radical (unpaired) electrons. The van der Waals surface area contributed by atoms with Gasteiger partial charge in [0.05, 0.1) is 17.4 Å². The quantitative estimate of drug-likeness (QED) is 0.798. The number of pyridine rings is 1. The highest BCUT2D eigenvalue weighted by Gasteiger charge is 2.32. The number of hydrogen-bond acceptors (Lipinski definition) is 3. The molecule has 2 N–H and O–H groups in total. The number of alkyl halides is 3. The van der Waals surface area contributed by atoms with E-state index in [1.165, 1.54) is 6.20 Å². The van der Waals surface area contributed by atoms with Gasteiger partial charge in [-0.15, -0.1) is 0 Å². The maximum absolute atomic E-state index is 12.4. The lowest BCUT2D eigenvalue weighted by atomic mass is 10.2. The monoisotopic (exact) mass is 231 g/mol. The molecule has 3 nitrogen and oxygen atoms in total. The molecule has 0 amide bonds. The van der Waals surface area contributed by atoms with Gasteiger partial charge in [0.2, 0.25) is 0 Å². The van der Waals surface area contributed by atoms with Gasteiger partial charge in [-0.2, -0.15) is 13.2 Å². The topological polar surface area (TPSA) is 42.1 Å². The van der Waals surface area contributed by atoms with E-state index in [-0.39, 0.29) is 6.04 Å². The van der Waals surface area contributed by atoms with Gasteiger partial charge >= 0.3 is 6.18 Å². The van der Waals surface area contributed by atoms with Crippen molar-refractivity contribution in [2.45, 2.75) is 18.6 Å². The molecular formula is C10H12F3N3. The van der Waals surface area contributed by atoms with Crippen LogP contribution in [0, 0.1) is 0 Å². The van der Waals surface area contributed by atoms with Gasteiger partial charge < -0.3 is 10.6 Å². The molecule has 2 heterocycles. The third kappa shape index (κ3) is 2.27. The highest BCUT2D eigenvalue weighted by Crippen LogP contribution is 2.31. The van der Waals surface area contributed by atoms with Gasteiger partial charge in [0, 0.05) is 25.3 Å². The Hall–Kier alpha value is -1.30. The summed E-state index contributed by atoms with van der Waals surface area (Å²) in [6.07, 6.45) is -1.27. The first-order chi connectivity index (χ1) is 7.47. The maximum Gasteiger partial charge on any atom is 0.417 e. The predicted octanol–water partition coefficient (Wildman–Crippen LogP) is 1.64. The Labute approximate surface area is 91.1 Å². The fourth-order valence-corrected chi connectivity index (χ4v) is 1.78. The van der Waals surface area contributed by atoms with E-state index in [2.05, 4.69) is 4.98 Å². The van der Waals surface area contributed by atoms with Crippen LogP contribution < -0.4 is 10.6 Å². The van der Waals surface area contributed by atoms with Crippen molar-refractivity contribution in [1.29, 1.82) is 0 Å². The first-order valence-corrected chi connectivity index (χ1v) is 4.99. The van der Waals surface area contributed by atoms with Gasteiger partial charge in [0.25, 0.3) is 0 Å². The Morgan fingerprint density at radius 2 is 2.12 bits per heavy atom. The lowest BCUT2D eigenvalue weighted by Crippen LogP contribution is -2.26. The highest BCUT2D eigenvalue weighted by atomic mass is 19.4. The summed E-state index contributed by atoms with van der Waals surface area (Å²) in [6, 6.07) is 1.15. The largest absolute Gasteiger partial charge is 0.417 e. The molecule has 2 rings (SSSR count). The molecule has 0 spiro atoms. The molecule has 0 bridgehead atoms. The highest BCUT2D eigenvalue weighted by molar-refractivity contribution is 5.47. The maximum atomic E-state index is 12.4. The van der Waals surface area contributed by atoms with Gasteiger partial charge in [0.1, 0.15) is 0 Å². The molecule has 1 saturated heterocycles. The fourth-order valence-electron chi connectivity index (χ4n) is 1.78. The van der Waals surface area contributed by atoms with Crippen molar-refractivity contribution in [1.82, 2.24) is 4.98 Å². The Morgan fingerprint density at radius 3 is 2.69 bits per heavy atom. The zero-order valence-corrected chi connectivity index (χ0v) is 8.54. The molecule has 1 fully saturated rings. The van der Waals surface area contributed by atoms with Crippen LogP contribution in [0.4, 0.5) is 18.9 Å². The summed E-state index contributed by atoms with van der Waals surface area (Å²) >= 11 is 0. The molecule has 1 aliphatic rings. The zero-order chi connectivity index (χ0) is 11.8. The van der Waals surface area contributed by atoms with Gasteiger partial charge in [0.15, 0.2) is 0 Å². The summed E-state index contributed by atoms with van der Waals surface area (Å²) in [5, 5.41) is 0. The predicted molar refractivity (Wildman–Crippen MR) is 54.0 cm³/mol. The second kappa shape index (κ2) is 3.93. The Kier molecular flexibility index (Phi) is 2.75. The molecule has 0 saturated carbocycles. The Morgan fingerprint density at radius 1 is 1.38 bits per heavy atom. The molecule has 88 valence electrons. The summed E-state index contributed by atoms with van der Waals surface area (Å²) in [6.45, 7) is 1.27. The third-order valence-corrected chi connectivity index (χ3v) is 2.64. The molecule has 1 aromatic heterocycles. The van der Waals surface area contributed by atoms with Crippen molar-refractivity contribution >= 4 is 5.69 Å². The molecular weight excluding hydrogens is 219 g/mol. The van der Waals surface area contributed by atoms with Gasteiger partial charge in [-0.25, -0.2) is 0 Å². The number of anilines is 1. The van der Waals surface area contributed by atoms with E-state index in [4.69, 9.17) is 5.73 Å². The number of hydrogen-bond donors (Lipinski definition) is 1. The molecule has 6 heteroatoms. The molecule has 16 heavy (non-hydrogen) atoms. The number of nitrogens with two attached hydrogens (primary N) is 1. The average molecular weight is 231 g/mol. The lowest BCUT2D eigenvalue weighted by molar-refractivity contribution is -0.137. The first kappa shape index (κ1) is 11.2. The second-order valence-electron chi connectivity index (χ2n) is 3.92. The van der Waals surface area contributed by atoms with E-state index < -0.39 is 11.7 Å². The summed E-state index contributed by atoms with van der Waals surface area (Å²) in [7, 11) is 0. The van der Waals surface area contributed by atoms with Gasteiger partial charge in [-0.1, -0.05) is 0 Å². The van der Waals surface area contributed by atoms with Crippen molar-refractivity contribution in [2.75, 3.05) is 18.0 Å². The SMILES string of the molecule is NC1CCN(c2cncc(C(F)(F)F)c2)C1. The zero-order valence-electron chi connectivity index (χ0n) is 8.54. The van der Waals surface area contributed by atoms with E-state index in [1.54, 1.807) is 0 Å². The molecule has 1 aromatic rings. The minimum Gasteiger partial charge on any atom is -0.369 e. The van der Waals surface area contributed by atoms with Crippen LogP contribution in [0.15, 0.2) is 18.5 Å². The minimum atomic E-state index is -4.34. The van der Waals surface area contributed by atoms with Crippen molar-refractivity contribution in [3.05, 3.63) is 24.0 Å². The average Bonchev–Trinajstić information content (AvgIpc) is 2.64. The molecule has 0 aromatic carbocycles. The summed E-state index contributed by atoms with van der Waals surface area (Å²) < 4.78 is 37.3. The van der Waals surface area contributed by atoms with E-state index in [0.29, 0.717) is 18.8 Å². The van der Waals surface area contributed by atoms with Crippen molar-refractivity contribution in [3.63, 3.8) is 0 Å². The Bertz CT molecular complexity index is 378. The summed E-state index contributed by atoms with van der Waals surface area (Å²) in [5.41, 5.74) is 5.47.